The molecule has 1 aliphatic rings. The Bertz CT molecular complexity index is 882. The van der Waals surface area contributed by atoms with Crippen molar-refractivity contribution in [2.75, 3.05) is 24.7 Å². The van der Waals surface area contributed by atoms with E-state index in [0.29, 0.717) is 25.6 Å². The van der Waals surface area contributed by atoms with Gasteiger partial charge < -0.3 is 9.88 Å². The molecule has 0 unspecified atom stereocenters. The summed E-state index contributed by atoms with van der Waals surface area (Å²) in [6.07, 6.45) is 2.56. The second kappa shape index (κ2) is 6.76. The third-order valence-electron chi connectivity index (χ3n) is 4.86. The molecule has 2 heterocycles. The molecule has 0 aliphatic carbocycles. The van der Waals surface area contributed by atoms with E-state index in [1.54, 1.807) is 0 Å². The van der Waals surface area contributed by atoms with Crippen LogP contribution in [0.25, 0.3) is 11.0 Å². The number of imidazole rings is 1. The largest absolute Gasteiger partial charge is 0.317 e. The number of aryl methyl sites for hydroxylation is 1. The first-order chi connectivity index (χ1) is 11.9. The third kappa shape index (κ3) is 3.16. The quantitative estimate of drug-likeness (QED) is 0.840. The number of para-hydroxylation sites is 2. The normalized spacial score (nSPS) is 17.5. The summed E-state index contributed by atoms with van der Waals surface area (Å²) in [6, 6.07) is 7.65. The molecule has 1 aliphatic heterocycles. The van der Waals surface area contributed by atoms with Crippen molar-refractivity contribution in [1.29, 1.82) is 0 Å². The van der Waals surface area contributed by atoms with E-state index in [9.17, 15) is 13.2 Å². The molecule has 2 N–H and O–H groups in total. The first-order valence-corrected chi connectivity index (χ1v) is 10.5. The number of anilines is 1. The fraction of sp³-hybridized carbons (Fsp3) is 0.529. The Balaban J connectivity index is 1.99. The van der Waals surface area contributed by atoms with Gasteiger partial charge in [0.05, 0.1) is 11.0 Å². The molecule has 1 fully saturated rings. The number of benzene rings is 1. The van der Waals surface area contributed by atoms with Gasteiger partial charge >= 0.3 is 0 Å². The van der Waals surface area contributed by atoms with Crippen LogP contribution in [0.5, 0.6) is 0 Å². The van der Waals surface area contributed by atoms with Crippen LogP contribution in [0.15, 0.2) is 24.3 Å². The molecule has 0 radical (unpaired) electrons. The Labute approximate surface area is 147 Å². The number of carbonyl (C=O) groups is 1. The number of piperidine rings is 1. The maximum atomic E-state index is 13.0. The molecular formula is C17H24N4O3S. The number of hydrogen-bond acceptors (Lipinski definition) is 5. The zero-order valence-electron chi connectivity index (χ0n) is 14.6. The number of sulfone groups is 1. The van der Waals surface area contributed by atoms with Gasteiger partial charge in [0.15, 0.2) is 14.6 Å². The van der Waals surface area contributed by atoms with Crippen LogP contribution >= 0.6 is 0 Å². The minimum absolute atomic E-state index is 0.270. The van der Waals surface area contributed by atoms with Crippen LogP contribution < -0.4 is 10.6 Å². The van der Waals surface area contributed by atoms with Crippen molar-refractivity contribution in [2.45, 2.75) is 37.5 Å². The van der Waals surface area contributed by atoms with Gasteiger partial charge in [0.25, 0.3) is 0 Å². The lowest BCUT2D eigenvalue weighted by Gasteiger charge is -2.34. The highest BCUT2D eigenvalue weighted by molar-refractivity contribution is 7.92. The van der Waals surface area contributed by atoms with E-state index in [1.165, 1.54) is 0 Å². The topological polar surface area (TPSA) is 93.1 Å². The monoisotopic (exact) mass is 364 g/mol. The number of nitrogens with one attached hydrogen (secondary N) is 2. The molecule has 1 amide bonds. The Kier molecular flexibility index (Phi) is 4.83. The van der Waals surface area contributed by atoms with Gasteiger partial charge in [0.1, 0.15) is 0 Å². The summed E-state index contributed by atoms with van der Waals surface area (Å²) >= 11 is 0. The van der Waals surface area contributed by atoms with E-state index < -0.39 is 20.5 Å². The highest BCUT2D eigenvalue weighted by Gasteiger charge is 2.49. The fourth-order valence-corrected chi connectivity index (χ4v) is 4.77. The SMILES string of the molecule is CCCn1c(NC(=O)C2(S(C)(=O)=O)CCNCC2)nc2ccccc21. The summed E-state index contributed by atoms with van der Waals surface area (Å²) in [5.74, 6) is -0.0706. The molecule has 136 valence electrons. The second-order valence-corrected chi connectivity index (χ2v) is 8.87. The molecule has 8 heteroatoms. The number of aromatic nitrogens is 2. The number of nitrogens with zero attached hydrogens (tertiary/aromatic N) is 2. The summed E-state index contributed by atoms with van der Waals surface area (Å²) < 4.78 is 25.4. The van der Waals surface area contributed by atoms with Crippen LogP contribution in [0.4, 0.5) is 5.95 Å². The van der Waals surface area contributed by atoms with Crippen molar-refractivity contribution in [3.63, 3.8) is 0 Å². The molecule has 1 aromatic carbocycles. The molecular weight excluding hydrogens is 340 g/mol. The highest BCUT2D eigenvalue weighted by atomic mass is 32.2. The van der Waals surface area contributed by atoms with Crippen LogP contribution in [-0.4, -0.2) is 48.0 Å². The average Bonchev–Trinajstić information content (AvgIpc) is 2.92. The van der Waals surface area contributed by atoms with E-state index in [2.05, 4.69) is 15.6 Å². The fourth-order valence-electron chi connectivity index (χ4n) is 3.43. The van der Waals surface area contributed by atoms with Crippen molar-refractivity contribution in [3.05, 3.63) is 24.3 Å². The minimum atomic E-state index is -3.55. The van der Waals surface area contributed by atoms with Crippen LogP contribution in [0, 0.1) is 0 Å². The van der Waals surface area contributed by atoms with Crippen molar-refractivity contribution in [2.24, 2.45) is 0 Å². The molecule has 0 spiro atoms. The summed E-state index contributed by atoms with van der Waals surface area (Å²) in [5, 5.41) is 5.93. The zero-order chi connectivity index (χ0) is 18.1. The van der Waals surface area contributed by atoms with Gasteiger partial charge in [-0.2, -0.15) is 0 Å². The summed E-state index contributed by atoms with van der Waals surface area (Å²) in [4.78, 5) is 17.5. The summed E-state index contributed by atoms with van der Waals surface area (Å²) in [6.45, 7) is 3.76. The molecule has 3 rings (SSSR count). The number of rotatable bonds is 5. The van der Waals surface area contributed by atoms with Gasteiger partial charge in [-0.15, -0.1) is 0 Å². The number of carbonyl (C=O) groups excluding carboxylic acids is 1. The lowest BCUT2D eigenvalue weighted by Crippen LogP contribution is -2.55. The summed E-state index contributed by atoms with van der Waals surface area (Å²) in [5.41, 5.74) is 1.71. The van der Waals surface area contributed by atoms with Gasteiger partial charge in [0, 0.05) is 12.8 Å². The van der Waals surface area contributed by atoms with Gasteiger partial charge in [-0.3, -0.25) is 10.1 Å². The highest BCUT2D eigenvalue weighted by Crippen LogP contribution is 2.30. The number of fused-ring (bicyclic) bond motifs is 1. The van der Waals surface area contributed by atoms with E-state index in [1.807, 2.05) is 35.8 Å². The molecule has 0 saturated carbocycles. The molecule has 1 saturated heterocycles. The van der Waals surface area contributed by atoms with Gasteiger partial charge in [-0.05, 0) is 44.5 Å². The van der Waals surface area contributed by atoms with E-state index in [4.69, 9.17) is 0 Å². The van der Waals surface area contributed by atoms with Crippen molar-refractivity contribution < 1.29 is 13.2 Å². The first-order valence-electron chi connectivity index (χ1n) is 8.56. The standard InChI is InChI=1S/C17H24N4O3S/c1-3-12-21-14-7-5-4-6-13(14)19-16(21)20-15(22)17(25(2,23)24)8-10-18-11-9-17/h4-7,18H,3,8-12H2,1-2H3,(H,19,20,22). The maximum absolute atomic E-state index is 13.0. The minimum Gasteiger partial charge on any atom is -0.317 e. The average molecular weight is 364 g/mol. The van der Waals surface area contributed by atoms with Gasteiger partial charge in [-0.25, -0.2) is 13.4 Å². The van der Waals surface area contributed by atoms with Crippen LogP contribution in [0.1, 0.15) is 26.2 Å². The Morgan fingerprint density at radius 3 is 2.64 bits per heavy atom. The number of hydrogen-bond donors (Lipinski definition) is 2. The Morgan fingerprint density at radius 1 is 1.32 bits per heavy atom. The maximum Gasteiger partial charge on any atom is 0.248 e. The van der Waals surface area contributed by atoms with Crippen molar-refractivity contribution >= 4 is 32.7 Å². The molecule has 1 aromatic heterocycles. The Hall–Kier alpha value is -1.93. The Morgan fingerprint density at radius 2 is 2.00 bits per heavy atom. The molecule has 25 heavy (non-hydrogen) atoms. The lowest BCUT2D eigenvalue weighted by molar-refractivity contribution is -0.119. The number of amides is 1. The van der Waals surface area contributed by atoms with E-state index in [-0.39, 0.29) is 12.8 Å². The zero-order valence-corrected chi connectivity index (χ0v) is 15.4. The van der Waals surface area contributed by atoms with Gasteiger partial charge in [-0.1, -0.05) is 19.1 Å². The molecule has 0 atom stereocenters. The van der Waals surface area contributed by atoms with Crippen LogP contribution in [0.3, 0.4) is 0 Å². The second-order valence-electron chi connectivity index (χ2n) is 6.55. The third-order valence-corrected chi connectivity index (χ3v) is 6.88. The molecule has 0 bridgehead atoms. The predicted molar refractivity (Wildman–Crippen MR) is 98.3 cm³/mol. The van der Waals surface area contributed by atoms with Crippen molar-refractivity contribution in [3.8, 4) is 0 Å². The summed E-state index contributed by atoms with van der Waals surface area (Å²) in [7, 11) is -3.55. The first kappa shape index (κ1) is 17.9. The molecule has 2 aromatic rings. The van der Waals surface area contributed by atoms with Crippen molar-refractivity contribution in [1.82, 2.24) is 14.9 Å². The smallest absolute Gasteiger partial charge is 0.248 e. The van der Waals surface area contributed by atoms with E-state index >= 15 is 0 Å². The van der Waals surface area contributed by atoms with E-state index in [0.717, 1.165) is 23.7 Å². The molecule has 7 nitrogen and oxygen atoms in total. The lowest BCUT2D eigenvalue weighted by atomic mass is 9.96. The van der Waals surface area contributed by atoms with Crippen LogP contribution in [-0.2, 0) is 21.2 Å². The van der Waals surface area contributed by atoms with Gasteiger partial charge in [0.2, 0.25) is 11.9 Å². The predicted octanol–water partition coefficient (Wildman–Crippen LogP) is 1.55. The van der Waals surface area contributed by atoms with Crippen LogP contribution in [0.2, 0.25) is 0 Å².